The van der Waals surface area contributed by atoms with Crippen LogP contribution in [0.15, 0.2) is 30.5 Å². The van der Waals surface area contributed by atoms with Crippen molar-refractivity contribution in [3.63, 3.8) is 0 Å². The number of anilines is 2. The van der Waals surface area contributed by atoms with Crippen molar-refractivity contribution in [1.29, 1.82) is 0 Å². The monoisotopic (exact) mass is 429 g/mol. The summed E-state index contributed by atoms with van der Waals surface area (Å²) in [6.45, 7) is 3.92. The zero-order valence-electron chi connectivity index (χ0n) is 14.8. The third-order valence-corrected chi connectivity index (χ3v) is 5.27. The Morgan fingerprint density at radius 1 is 1.18 bits per heavy atom. The van der Waals surface area contributed by atoms with Crippen molar-refractivity contribution in [3.05, 3.63) is 46.1 Å². The number of pyridine rings is 1. The SMILES string of the molecule is C[C@H]1CN(c2ncc(Cl)cc2Cl)CCN1c1nc2ccc(C(F)(F)F)cc2[nH]1. The van der Waals surface area contributed by atoms with Crippen LogP contribution in [0.2, 0.25) is 10.0 Å². The van der Waals surface area contributed by atoms with Crippen LogP contribution in [-0.4, -0.2) is 40.6 Å². The van der Waals surface area contributed by atoms with Crippen molar-refractivity contribution in [3.8, 4) is 0 Å². The molecule has 1 fully saturated rings. The molecule has 5 nitrogen and oxygen atoms in total. The van der Waals surface area contributed by atoms with E-state index in [-0.39, 0.29) is 6.04 Å². The molecule has 0 bridgehead atoms. The van der Waals surface area contributed by atoms with Gasteiger partial charge in [0.15, 0.2) is 0 Å². The lowest BCUT2D eigenvalue weighted by Gasteiger charge is -2.40. The lowest BCUT2D eigenvalue weighted by Crippen LogP contribution is -2.52. The average Bonchev–Trinajstić information content (AvgIpc) is 3.03. The molecule has 1 aromatic carbocycles. The highest BCUT2D eigenvalue weighted by Gasteiger charge is 2.31. The van der Waals surface area contributed by atoms with Crippen LogP contribution < -0.4 is 9.80 Å². The minimum atomic E-state index is -4.39. The molecule has 148 valence electrons. The molecule has 2 aromatic heterocycles. The Hall–Kier alpha value is -2.19. The Labute approximate surface area is 169 Å². The van der Waals surface area contributed by atoms with E-state index in [1.54, 1.807) is 12.3 Å². The molecule has 0 amide bonds. The molecule has 0 radical (unpaired) electrons. The number of aromatic amines is 1. The standard InChI is InChI=1S/C18H16Cl2F3N5/c1-10-9-27(16-13(20)7-12(19)8-24-16)4-5-28(10)17-25-14-3-2-11(18(21,22)23)6-15(14)26-17/h2-3,6-8,10H,4-5,9H2,1H3,(H,25,26)/t10-/m0/s1. The van der Waals surface area contributed by atoms with E-state index in [1.807, 2.05) is 11.8 Å². The molecule has 3 aromatic rings. The predicted molar refractivity (Wildman–Crippen MR) is 104 cm³/mol. The molecule has 1 N–H and O–H groups in total. The van der Waals surface area contributed by atoms with Gasteiger partial charge in [-0.15, -0.1) is 0 Å². The maximum absolute atomic E-state index is 12.9. The number of hydrogen-bond donors (Lipinski definition) is 1. The van der Waals surface area contributed by atoms with Gasteiger partial charge in [0.1, 0.15) is 5.82 Å². The Kier molecular flexibility index (Phi) is 4.79. The highest BCUT2D eigenvalue weighted by atomic mass is 35.5. The molecule has 28 heavy (non-hydrogen) atoms. The van der Waals surface area contributed by atoms with Crippen molar-refractivity contribution in [2.75, 3.05) is 29.4 Å². The second kappa shape index (κ2) is 7.00. The molecule has 0 aliphatic carbocycles. The molecule has 3 heterocycles. The van der Waals surface area contributed by atoms with Gasteiger partial charge in [0.05, 0.1) is 26.6 Å². The van der Waals surface area contributed by atoms with Gasteiger partial charge in [-0.25, -0.2) is 9.97 Å². The molecule has 1 aliphatic rings. The normalized spacial score (nSPS) is 18.1. The summed E-state index contributed by atoms with van der Waals surface area (Å²) in [5, 5.41) is 0.956. The summed E-state index contributed by atoms with van der Waals surface area (Å²) in [5.74, 6) is 1.22. The van der Waals surface area contributed by atoms with E-state index < -0.39 is 11.7 Å². The van der Waals surface area contributed by atoms with Crippen molar-refractivity contribution in [2.24, 2.45) is 0 Å². The zero-order valence-corrected chi connectivity index (χ0v) is 16.3. The van der Waals surface area contributed by atoms with Gasteiger partial charge in [-0.3, -0.25) is 0 Å². The summed E-state index contributed by atoms with van der Waals surface area (Å²) >= 11 is 12.2. The van der Waals surface area contributed by atoms with Crippen LogP contribution in [0.5, 0.6) is 0 Å². The molecule has 0 unspecified atom stereocenters. The summed E-state index contributed by atoms with van der Waals surface area (Å²) in [7, 11) is 0. The Balaban J connectivity index is 1.56. The summed E-state index contributed by atoms with van der Waals surface area (Å²) in [4.78, 5) is 15.9. The first-order chi connectivity index (χ1) is 13.2. The molecule has 10 heteroatoms. The van der Waals surface area contributed by atoms with Gasteiger partial charge >= 0.3 is 6.18 Å². The highest BCUT2D eigenvalue weighted by molar-refractivity contribution is 6.36. The fraction of sp³-hybridized carbons (Fsp3) is 0.333. The lowest BCUT2D eigenvalue weighted by molar-refractivity contribution is -0.137. The number of H-pyrrole nitrogens is 1. The van der Waals surface area contributed by atoms with Gasteiger partial charge in [0.25, 0.3) is 0 Å². The first-order valence-electron chi connectivity index (χ1n) is 8.62. The maximum atomic E-state index is 12.9. The first kappa shape index (κ1) is 19.1. The van der Waals surface area contributed by atoms with Crippen LogP contribution in [0.1, 0.15) is 12.5 Å². The van der Waals surface area contributed by atoms with Gasteiger partial charge in [-0.2, -0.15) is 13.2 Å². The van der Waals surface area contributed by atoms with E-state index in [4.69, 9.17) is 23.2 Å². The quantitative estimate of drug-likeness (QED) is 0.622. The van der Waals surface area contributed by atoms with Crippen LogP contribution in [0.3, 0.4) is 0 Å². The van der Waals surface area contributed by atoms with E-state index >= 15 is 0 Å². The minimum Gasteiger partial charge on any atom is -0.352 e. The Morgan fingerprint density at radius 2 is 1.96 bits per heavy atom. The lowest BCUT2D eigenvalue weighted by atomic mass is 10.2. The third-order valence-electron chi connectivity index (χ3n) is 4.78. The summed E-state index contributed by atoms with van der Waals surface area (Å²) < 4.78 is 38.8. The number of alkyl halides is 3. The van der Waals surface area contributed by atoms with E-state index in [0.29, 0.717) is 52.5 Å². The number of hydrogen-bond acceptors (Lipinski definition) is 4. The van der Waals surface area contributed by atoms with Crippen LogP contribution >= 0.6 is 23.2 Å². The van der Waals surface area contributed by atoms with Gasteiger partial charge in [0, 0.05) is 31.9 Å². The topological polar surface area (TPSA) is 48.1 Å². The fourth-order valence-corrected chi connectivity index (χ4v) is 3.91. The van der Waals surface area contributed by atoms with Crippen molar-refractivity contribution in [2.45, 2.75) is 19.1 Å². The van der Waals surface area contributed by atoms with Crippen LogP contribution in [0.4, 0.5) is 24.9 Å². The number of piperazine rings is 1. The predicted octanol–water partition coefficient (Wildman–Crippen LogP) is 5.00. The number of fused-ring (bicyclic) bond motifs is 1. The Bertz CT molecular complexity index is 1020. The number of nitrogens with one attached hydrogen (secondary N) is 1. The van der Waals surface area contributed by atoms with Gasteiger partial charge in [0.2, 0.25) is 5.95 Å². The number of imidazole rings is 1. The fourth-order valence-electron chi connectivity index (χ4n) is 3.41. The largest absolute Gasteiger partial charge is 0.416 e. The van der Waals surface area contributed by atoms with Crippen molar-refractivity contribution >= 4 is 46.0 Å². The zero-order chi connectivity index (χ0) is 20.1. The van der Waals surface area contributed by atoms with Crippen molar-refractivity contribution < 1.29 is 13.2 Å². The molecular weight excluding hydrogens is 414 g/mol. The molecule has 0 saturated carbocycles. The summed E-state index contributed by atoms with van der Waals surface area (Å²) in [5.41, 5.74) is 0.165. The molecule has 0 spiro atoms. The smallest absolute Gasteiger partial charge is 0.352 e. The van der Waals surface area contributed by atoms with E-state index in [0.717, 1.165) is 12.1 Å². The second-order valence-corrected chi connectivity index (χ2v) is 7.58. The summed E-state index contributed by atoms with van der Waals surface area (Å²) in [6.07, 6.45) is -2.83. The minimum absolute atomic E-state index is 0.0462. The number of aromatic nitrogens is 3. The average molecular weight is 430 g/mol. The highest BCUT2D eigenvalue weighted by Crippen LogP contribution is 2.32. The third kappa shape index (κ3) is 3.58. The van der Waals surface area contributed by atoms with E-state index in [9.17, 15) is 13.2 Å². The van der Waals surface area contributed by atoms with Crippen LogP contribution in [0.25, 0.3) is 11.0 Å². The molecule has 1 saturated heterocycles. The molecule has 1 atom stereocenters. The van der Waals surface area contributed by atoms with E-state index in [2.05, 4.69) is 19.9 Å². The van der Waals surface area contributed by atoms with Gasteiger partial charge in [-0.05, 0) is 31.2 Å². The Morgan fingerprint density at radius 3 is 2.64 bits per heavy atom. The van der Waals surface area contributed by atoms with Crippen molar-refractivity contribution in [1.82, 2.24) is 15.0 Å². The molecular formula is C18H16Cl2F3N5. The molecule has 1 aliphatic heterocycles. The van der Waals surface area contributed by atoms with E-state index in [1.165, 1.54) is 6.07 Å². The first-order valence-corrected chi connectivity index (χ1v) is 9.37. The summed E-state index contributed by atoms with van der Waals surface area (Å²) in [6, 6.07) is 5.22. The van der Waals surface area contributed by atoms with Gasteiger partial charge < -0.3 is 14.8 Å². The van der Waals surface area contributed by atoms with Crippen LogP contribution in [0, 0.1) is 0 Å². The maximum Gasteiger partial charge on any atom is 0.416 e. The second-order valence-electron chi connectivity index (χ2n) is 6.74. The number of rotatable bonds is 2. The number of benzene rings is 1. The van der Waals surface area contributed by atoms with Crippen LogP contribution in [-0.2, 0) is 6.18 Å². The molecule has 4 rings (SSSR count). The van der Waals surface area contributed by atoms with Gasteiger partial charge in [-0.1, -0.05) is 23.2 Å². The number of nitrogens with zero attached hydrogens (tertiary/aromatic N) is 4. The number of halogens is 5.